The second-order valence-electron chi connectivity index (χ2n) is 4.15. The Morgan fingerprint density at radius 2 is 2.00 bits per heavy atom. The van der Waals surface area contributed by atoms with Crippen molar-refractivity contribution in [2.24, 2.45) is 0 Å². The van der Waals surface area contributed by atoms with Crippen molar-refractivity contribution in [2.75, 3.05) is 31.2 Å². The number of aromatic nitrogens is 1. The molecule has 1 saturated heterocycles. The molecule has 4 heteroatoms. The van der Waals surface area contributed by atoms with E-state index in [2.05, 4.69) is 22.0 Å². The summed E-state index contributed by atoms with van der Waals surface area (Å²) in [6, 6.07) is 8.07. The lowest BCUT2D eigenvalue weighted by Gasteiger charge is -2.29. The van der Waals surface area contributed by atoms with Gasteiger partial charge in [-0.25, -0.2) is 4.98 Å². The number of nitrogens with zero attached hydrogens (tertiary/aromatic N) is 1. The second-order valence-corrected chi connectivity index (χ2v) is 4.59. The standard InChI is InChI=1S/C13H13ClN2O/c14-10-1-2-11-12(9-10)15-4-3-13(11)16-5-7-17-8-6-16/h1-4,9H,5-8H2/p+1. The van der Waals surface area contributed by atoms with Gasteiger partial charge in [0, 0.05) is 30.2 Å². The Bertz CT molecular complexity index is 538. The van der Waals surface area contributed by atoms with E-state index in [-0.39, 0.29) is 0 Å². The lowest BCUT2D eigenvalue weighted by Crippen LogP contribution is -2.36. The van der Waals surface area contributed by atoms with Crippen LogP contribution in [0.3, 0.4) is 0 Å². The van der Waals surface area contributed by atoms with E-state index in [9.17, 15) is 0 Å². The molecule has 1 fully saturated rings. The van der Waals surface area contributed by atoms with Crippen LogP contribution in [-0.4, -0.2) is 26.3 Å². The van der Waals surface area contributed by atoms with Gasteiger partial charge in [-0.3, -0.25) is 0 Å². The Hall–Kier alpha value is -1.32. The fourth-order valence-electron chi connectivity index (χ4n) is 2.24. The number of H-pyrrole nitrogens is 1. The molecule has 1 aromatic heterocycles. The lowest BCUT2D eigenvalue weighted by molar-refractivity contribution is -0.344. The molecule has 88 valence electrons. The molecule has 17 heavy (non-hydrogen) atoms. The third-order valence-electron chi connectivity index (χ3n) is 3.09. The number of anilines is 1. The number of morpholine rings is 1. The monoisotopic (exact) mass is 249 g/mol. The molecule has 0 saturated carbocycles. The zero-order valence-electron chi connectivity index (χ0n) is 9.45. The molecule has 3 rings (SSSR count). The molecule has 2 aromatic rings. The maximum absolute atomic E-state index is 6.00. The summed E-state index contributed by atoms with van der Waals surface area (Å²) in [5, 5.41) is 1.96. The fourth-order valence-corrected chi connectivity index (χ4v) is 2.41. The maximum atomic E-state index is 6.00. The minimum atomic E-state index is 0.757. The molecule has 0 spiro atoms. The van der Waals surface area contributed by atoms with Crippen molar-refractivity contribution in [3.05, 3.63) is 35.5 Å². The molecule has 1 aromatic carbocycles. The van der Waals surface area contributed by atoms with Crippen molar-refractivity contribution in [2.45, 2.75) is 0 Å². The highest BCUT2D eigenvalue weighted by Crippen LogP contribution is 2.26. The summed E-state index contributed by atoms with van der Waals surface area (Å²) in [6.07, 6.45) is 1.96. The molecule has 1 N–H and O–H groups in total. The van der Waals surface area contributed by atoms with Crippen LogP contribution in [-0.2, 0) is 4.74 Å². The van der Waals surface area contributed by atoms with Crippen molar-refractivity contribution >= 4 is 28.2 Å². The van der Waals surface area contributed by atoms with Crippen molar-refractivity contribution in [3.8, 4) is 0 Å². The molecule has 1 aliphatic heterocycles. The SMILES string of the molecule is Clc1ccc2c(N3CCOCC3)cc[nH+]c2c1. The van der Waals surface area contributed by atoms with E-state index in [0.29, 0.717) is 0 Å². The molecule has 0 aliphatic carbocycles. The summed E-state index contributed by atoms with van der Waals surface area (Å²) < 4.78 is 5.38. The van der Waals surface area contributed by atoms with Gasteiger partial charge >= 0.3 is 0 Å². The largest absolute Gasteiger partial charge is 0.378 e. The highest BCUT2D eigenvalue weighted by molar-refractivity contribution is 6.31. The van der Waals surface area contributed by atoms with Crippen LogP contribution in [0.2, 0.25) is 5.02 Å². The number of aromatic amines is 1. The van der Waals surface area contributed by atoms with Gasteiger partial charge in [-0.1, -0.05) is 11.6 Å². The van der Waals surface area contributed by atoms with Crippen molar-refractivity contribution in [1.29, 1.82) is 0 Å². The van der Waals surface area contributed by atoms with Gasteiger partial charge in [0.15, 0.2) is 6.20 Å². The lowest BCUT2D eigenvalue weighted by atomic mass is 10.1. The number of fused-ring (bicyclic) bond motifs is 1. The summed E-state index contributed by atoms with van der Waals surface area (Å²) >= 11 is 6.00. The average Bonchev–Trinajstić information content (AvgIpc) is 2.39. The van der Waals surface area contributed by atoms with Crippen LogP contribution in [0.25, 0.3) is 10.9 Å². The van der Waals surface area contributed by atoms with Crippen molar-refractivity contribution in [1.82, 2.24) is 0 Å². The minimum Gasteiger partial charge on any atom is -0.378 e. The van der Waals surface area contributed by atoms with Crippen LogP contribution in [0.5, 0.6) is 0 Å². The van der Waals surface area contributed by atoms with Gasteiger partial charge in [0.25, 0.3) is 0 Å². The third-order valence-corrected chi connectivity index (χ3v) is 3.32. The molecule has 0 radical (unpaired) electrons. The molecular weight excluding hydrogens is 236 g/mol. The first-order valence-corrected chi connectivity index (χ1v) is 6.15. The minimum absolute atomic E-state index is 0.757. The maximum Gasteiger partial charge on any atom is 0.214 e. The van der Waals surface area contributed by atoms with E-state index in [1.807, 2.05) is 18.3 Å². The molecule has 0 unspecified atom stereocenters. The van der Waals surface area contributed by atoms with Gasteiger partial charge < -0.3 is 9.64 Å². The normalized spacial score (nSPS) is 16.4. The number of benzene rings is 1. The Balaban J connectivity index is 2.09. The predicted molar refractivity (Wildman–Crippen MR) is 68.5 cm³/mol. The fraction of sp³-hybridized carbons (Fsp3) is 0.308. The quantitative estimate of drug-likeness (QED) is 0.774. The molecular formula is C13H14ClN2O+. The number of ether oxygens (including phenoxy) is 1. The summed E-state index contributed by atoms with van der Waals surface area (Å²) in [5.41, 5.74) is 2.32. The van der Waals surface area contributed by atoms with E-state index in [4.69, 9.17) is 16.3 Å². The van der Waals surface area contributed by atoms with E-state index in [1.54, 1.807) is 0 Å². The van der Waals surface area contributed by atoms with Crippen LogP contribution < -0.4 is 9.88 Å². The van der Waals surface area contributed by atoms with Crippen LogP contribution >= 0.6 is 11.6 Å². The van der Waals surface area contributed by atoms with Gasteiger partial charge in [0.2, 0.25) is 5.52 Å². The first-order chi connectivity index (χ1) is 8.34. The molecule has 0 atom stereocenters. The molecule has 1 aliphatic rings. The number of pyridine rings is 1. The van der Waals surface area contributed by atoms with Crippen molar-refractivity contribution in [3.63, 3.8) is 0 Å². The smallest absolute Gasteiger partial charge is 0.214 e. The first kappa shape index (κ1) is 10.8. The Kier molecular flexibility index (Phi) is 2.87. The summed E-state index contributed by atoms with van der Waals surface area (Å²) in [5.74, 6) is 0. The van der Waals surface area contributed by atoms with Gasteiger partial charge in [-0.2, -0.15) is 0 Å². The zero-order chi connectivity index (χ0) is 11.7. The molecule has 0 bridgehead atoms. The molecule has 2 heterocycles. The molecule has 0 amide bonds. The Morgan fingerprint density at radius 3 is 2.82 bits per heavy atom. The average molecular weight is 250 g/mol. The van der Waals surface area contributed by atoms with Gasteiger partial charge in [-0.05, 0) is 12.1 Å². The number of hydrogen-bond acceptors (Lipinski definition) is 2. The molecule has 3 nitrogen and oxygen atoms in total. The summed E-state index contributed by atoms with van der Waals surface area (Å²) in [4.78, 5) is 5.58. The Morgan fingerprint density at radius 1 is 1.18 bits per heavy atom. The van der Waals surface area contributed by atoms with Crippen LogP contribution in [0.4, 0.5) is 5.69 Å². The number of nitrogens with one attached hydrogen (secondary N) is 1. The van der Waals surface area contributed by atoms with Crippen LogP contribution in [0.15, 0.2) is 30.5 Å². The van der Waals surface area contributed by atoms with E-state index in [1.165, 1.54) is 11.1 Å². The third kappa shape index (κ3) is 2.08. The second kappa shape index (κ2) is 4.51. The summed E-state index contributed by atoms with van der Waals surface area (Å²) in [6.45, 7) is 3.49. The van der Waals surface area contributed by atoms with Gasteiger partial charge in [0.1, 0.15) is 0 Å². The van der Waals surface area contributed by atoms with E-state index < -0.39 is 0 Å². The first-order valence-electron chi connectivity index (χ1n) is 5.77. The zero-order valence-corrected chi connectivity index (χ0v) is 10.2. The number of halogens is 1. The van der Waals surface area contributed by atoms with E-state index >= 15 is 0 Å². The Labute approximate surface area is 105 Å². The van der Waals surface area contributed by atoms with E-state index in [0.717, 1.165) is 36.8 Å². The van der Waals surface area contributed by atoms with Crippen molar-refractivity contribution < 1.29 is 9.72 Å². The predicted octanol–water partition coefficient (Wildman–Crippen LogP) is 2.14. The number of hydrogen-bond donors (Lipinski definition) is 0. The van der Waals surface area contributed by atoms with Gasteiger partial charge in [-0.15, -0.1) is 0 Å². The summed E-state index contributed by atoms with van der Waals surface area (Å²) in [7, 11) is 0. The number of rotatable bonds is 1. The topological polar surface area (TPSA) is 26.6 Å². The van der Waals surface area contributed by atoms with Gasteiger partial charge in [0.05, 0.1) is 24.3 Å². The van der Waals surface area contributed by atoms with Crippen LogP contribution in [0.1, 0.15) is 0 Å². The van der Waals surface area contributed by atoms with Crippen LogP contribution in [0, 0.1) is 0 Å². The highest BCUT2D eigenvalue weighted by Gasteiger charge is 2.15. The highest BCUT2D eigenvalue weighted by atomic mass is 35.5.